The molecule has 0 radical (unpaired) electrons. The van der Waals surface area contributed by atoms with Gasteiger partial charge in [-0.1, -0.05) is 0 Å². The van der Waals surface area contributed by atoms with Crippen molar-refractivity contribution in [1.29, 1.82) is 0 Å². The molecule has 2 N–H and O–H groups in total. The first-order valence-electron chi connectivity index (χ1n) is 7.22. The van der Waals surface area contributed by atoms with Crippen molar-refractivity contribution in [1.82, 2.24) is 15.1 Å². The summed E-state index contributed by atoms with van der Waals surface area (Å²) < 4.78 is 0. The molecule has 0 aliphatic rings. The third kappa shape index (κ3) is 7.99. The number of carboxylic acids is 1. The number of carbonyl (C=O) groups is 2. The van der Waals surface area contributed by atoms with Crippen LogP contribution >= 0.6 is 0 Å². The normalized spacial score (nSPS) is 11.2. The Bertz CT molecular complexity index is 306. The summed E-state index contributed by atoms with van der Waals surface area (Å²) in [4.78, 5) is 26.3. The van der Waals surface area contributed by atoms with Crippen LogP contribution in [0.15, 0.2) is 0 Å². The van der Waals surface area contributed by atoms with Crippen LogP contribution in [-0.2, 0) is 4.79 Å². The summed E-state index contributed by atoms with van der Waals surface area (Å²) in [7, 11) is 2.06. The number of carbonyl (C=O) groups excluding carboxylic acids is 1. The van der Waals surface area contributed by atoms with Crippen molar-refractivity contribution >= 4 is 12.0 Å². The fourth-order valence-electron chi connectivity index (χ4n) is 1.69. The molecular formula is C14H29N3O3. The number of hydrogen-bond donors (Lipinski definition) is 2. The van der Waals surface area contributed by atoms with Gasteiger partial charge in [-0.2, -0.15) is 0 Å². The van der Waals surface area contributed by atoms with Gasteiger partial charge in [-0.05, 0) is 47.7 Å². The number of nitrogens with zero attached hydrogens (tertiary/aromatic N) is 2. The van der Waals surface area contributed by atoms with Gasteiger partial charge in [0, 0.05) is 25.2 Å². The number of amides is 2. The molecule has 0 spiro atoms. The van der Waals surface area contributed by atoms with Gasteiger partial charge in [-0.15, -0.1) is 0 Å². The Morgan fingerprint density at radius 2 is 1.70 bits per heavy atom. The lowest BCUT2D eigenvalue weighted by Gasteiger charge is -2.27. The molecule has 0 saturated carbocycles. The van der Waals surface area contributed by atoms with Gasteiger partial charge in [0.2, 0.25) is 0 Å². The van der Waals surface area contributed by atoms with Gasteiger partial charge in [-0.3, -0.25) is 4.79 Å². The van der Waals surface area contributed by atoms with E-state index in [0.717, 1.165) is 13.0 Å². The smallest absolute Gasteiger partial charge is 0.317 e. The minimum absolute atomic E-state index is 0.00677. The number of aliphatic carboxylic acids is 1. The minimum Gasteiger partial charge on any atom is -0.481 e. The molecule has 0 rings (SSSR count). The maximum Gasteiger partial charge on any atom is 0.317 e. The second kappa shape index (κ2) is 9.58. The molecule has 2 amide bonds. The molecule has 0 heterocycles. The zero-order chi connectivity index (χ0) is 15.7. The van der Waals surface area contributed by atoms with Crippen LogP contribution in [0.5, 0.6) is 0 Å². The molecule has 0 aromatic carbocycles. The first-order valence-corrected chi connectivity index (χ1v) is 7.22. The van der Waals surface area contributed by atoms with E-state index in [1.54, 1.807) is 4.90 Å². The Kier molecular flexibility index (Phi) is 8.96. The molecule has 6 heteroatoms. The Labute approximate surface area is 122 Å². The Morgan fingerprint density at radius 1 is 1.10 bits per heavy atom. The fourth-order valence-corrected chi connectivity index (χ4v) is 1.69. The van der Waals surface area contributed by atoms with E-state index in [9.17, 15) is 9.59 Å². The first kappa shape index (κ1) is 18.7. The molecule has 0 aromatic heterocycles. The standard InChI is InChI=1S/C14H29N3O3/c1-11(2)16(5)9-6-8-15-14(20)17(12(3)4)10-7-13(18)19/h11-12H,6-10H2,1-5H3,(H,15,20)(H,18,19). The van der Waals surface area contributed by atoms with Gasteiger partial charge in [0.1, 0.15) is 0 Å². The van der Waals surface area contributed by atoms with Crippen molar-refractivity contribution in [3.8, 4) is 0 Å². The molecule has 0 bridgehead atoms. The summed E-state index contributed by atoms with van der Waals surface area (Å²) in [6.07, 6.45) is 0.854. The highest BCUT2D eigenvalue weighted by Gasteiger charge is 2.17. The molecule has 0 unspecified atom stereocenters. The van der Waals surface area contributed by atoms with Gasteiger partial charge in [-0.25, -0.2) is 4.79 Å². The van der Waals surface area contributed by atoms with E-state index in [4.69, 9.17) is 5.11 Å². The average molecular weight is 287 g/mol. The first-order chi connectivity index (χ1) is 9.25. The second-order valence-corrected chi connectivity index (χ2v) is 5.59. The van der Waals surface area contributed by atoms with Crippen molar-refractivity contribution in [2.24, 2.45) is 0 Å². The van der Waals surface area contributed by atoms with Crippen LogP contribution in [0.2, 0.25) is 0 Å². The molecule has 20 heavy (non-hydrogen) atoms. The van der Waals surface area contributed by atoms with Crippen LogP contribution in [0.4, 0.5) is 4.79 Å². The predicted octanol–water partition coefficient (Wildman–Crippen LogP) is 1.61. The van der Waals surface area contributed by atoms with E-state index in [1.165, 1.54) is 0 Å². The molecule has 118 valence electrons. The molecule has 0 aliphatic carbocycles. The molecule has 6 nitrogen and oxygen atoms in total. The third-order valence-electron chi connectivity index (χ3n) is 3.30. The Balaban J connectivity index is 4.05. The van der Waals surface area contributed by atoms with Gasteiger partial charge in [0.15, 0.2) is 0 Å². The highest BCUT2D eigenvalue weighted by molar-refractivity contribution is 5.75. The highest BCUT2D eigenvalue weighted by Crippen LogP contribution is 2.01. The van der Waals surface area contributed by atoms with Crippen molar-refractivity contribution in [3.63, 3.8) is 0 Å². The van der Waals surface area contributed by atoms with E-state index >= 15 is 0 Å². The molecule has 0 fully saturated rings. The SMILES string of the molecule is CC(C)N(C)CCCNC(=O)N(CCC(=O)O)C(C)C. The number of carboxylic acid groups (broad SMARTS) is 1. The van der Waals surface area contributed by atoms with E-state index in [-0.39, 0.29) is 25.0 Å². The van der Waals surface area contributed by atoms with Gasteiger partial charge in [0.25, 0.3) is 0 Å². The predicted molar refractivity (Wildman–Crippen MR) is 79.9 cm³/mol. The van der Waals surface area contributed by atoms with E-state index in [1.807, 2.05) is 13.8 Å². The zero-order valence-corrected chi connectivity index (χ0v) is 13.3. The minimum atomic E-state index is -0.887. The lowest BCUT2D eigenvalue weighted by atomic mass is 10.3. The lowest BCUT2D eigenvalue weighted by Crippen LogP contribution is -2.45. The van der Waals surface area contributed by atoms with E-state index < -0.39 is 5.97 Å². The third-order valence-corrected chi connectivity index (χ3v) is 3.30. The van der Waals surface area contributed by atoms with Crippen molar-refractivity contribution in [3.05, 3.63) is 0 Å². The van der Waals surface area contributed by atoms with Gasteiger partial charge < -0.3 is 20.2 Å². The monoisotopic (exact) mass is 287 g/mol. The number of nitrogens with one attached hydrogen (secondary N) is 1. The molecule has 0 saturated heterocycles. The summed E-state index contributed by atoms with van der Waals surface area (Å²) in [5.41, 5.74) is 0. The summed E-state index contributed by atoms with van der Waals surface area (Å²) in [6.45, 7) is 9.80. The van der Waals surface area contributed by atoms with Crippen LogP contribution in [0.3, 0.4) is 0 Å². The second-order valence-electron chi connectivity index (χ2n) is 5.59. The summed E-state index contributed by atoms with van der Waals surface area (Å²) >= 11 is 0. The maximum absolute atomic E-state index is 12.0. The molecular weight excluding hydrogens is 258 g/mol. The van der Waals surface area contributed by atoms with Crippen molar-refractivity contribution < 1.29 is 14.7 Å². The summed E-state index contributed by atoms with van der Waals surface area (Å²) in [5.74, 6) is -0.887. The molecule has 0 aromatic rings. The number of urea groups is 1. The fraction of sp³-hybridized carbons (Fsp3) is 0.857. The highest BCUT2D eigenvalue weighted by atomic mass is 16.4. The Morgan fingerprint density at radius 3 is 2.15 bits per heavy atom. The average Bonchev–Trinajstić information content (AvgIpc) is 2.33. The van der Waals surface area contributed by atoms with E-state index in [2.05, 4.69) is 31.1 Å². The number of hydrogen-bond acceptors (Lipinski definition) is 3. The van der Waals surface area contributed by atoms with Crippen LogP contribution in [0, 0.1) is 0 Å². The summed E-state index contributed by atoms with van der Waals surface area (Å²) in [6, 6.07) is 0.301. The van der Waals surface area contributed by atoms with Crippen LogP contribution in [0.25, 0.3) is 0 Å². The quantitative estimate of drug-likeness (QED) is 0.632. The van der Waals surface area contributed by atoms with Crippen molar-refractivity contribution in [2.45, 2.75) is 52.6 Å². The zero-order valence-electron chi connectivity index (χ0n) is 13.3. The van der Waals surface area contributed by atoms with Crippen LogP contribution in [-0.4, -0.2) is 65.7 Å². The lowest BCUT2D eigenvalue weighted by molar-refractivity contribution is -0.137. The van der Waals surface area contributed by atoms with Gasteiger partial charge in [0.05, 0.1) is 6.42 Å². The van der Waals surface area contributed by atoms with Gasteiger partial charge >= 0.3 is 12.0 Å². The topological polar surface area (TPSA) is 72.9 Å². The molecule has 0 atom stereocenters. The Hall–Kier alpha value is -1.30. The van der Waals surface area contributed by atoms with E-state index in [0.29, 0.717) is 12.6 Å². The maximum atomic E-state index is 12.0. The number of rotatable bonds is 9. The summed E-state index contributed by atoms with van der Waals surface area (Å²) in [5, 5.41) is 11.5. The van der Waals surface area contributed by atoms with Crippen molar-refractivity contribution in [2.75, 3.05) is 26.7 Å². The van der Waals surface area contributed by atoms with Crippen LogP contribution < -0.4 is 5.32 Å². The largest absolute Gasteiger partial charge is 0.481 e. The molecule has 0 aliphatic heterocycles. The van der Waals surface area contributed by atoms with Crippen LogP contribution in [0.1, 0.15) is 40.5 Å².